The lowest BCUT2D eigenvalue weighted by molar-refractivity contribution is 0.0681. The maximum Gasteiger partial charge on any atom is 0.254 e. The van der Waals surface area contributed by atoms with Gasteiger partial charge >= 0.3 is 0 Å². The number of hydrogen-bond acceptors (Lipinski definition) is 6. The number of nitrogens with two attached hydrogens (primary N) is 1. The third kappa shape index (κ3) is 4.92. The Hall–Kier alpha value is -2.15. The van der Waals surface area contributed by atoms with E-state index in [4.69, 9.17) is 10.5 Å². The van der Waals surface area contributed by atoms with Crippen LogP contribution in [0.25, 0.3) is 0 Å². The van der Waals surface area contributed by atoms with Gasteiger partial charge in [0.15, 0.2) is 0 Å². The van der Waals surface area contributed by atoms with E-state index in [1.165, 1.54) is 6.20 Å². The molecule has 1 heterocycles. The molecule has 0 saturated heterocycles. The summed E-state index contributed by atoms with van der Waals surface area (Å²) in [6.07, 6.45) is 8.46. The quantitative estimate of drug-likeness (QED) is 0.500. The van der Waals surface area contributed by atoms with Crippen molar-refractivity contribution in [3.63, 3.8) is 0 Å². The van der Waals surface area contributed by atoms with Crippen LogP contribution in [0.3, 0.4) is 0 Å². The van der Waals surface area contributed by atoms with Gasteiger partial charge in [0.05, 0.1) is 11.7 Å². The zero-order valence-corrected chi connectivity index (χ0v) is 13.5. The molecule has 1 fully saturated rings. The zero-order valence-electron chi connectivity index (χ0n) is 13.5. The first-order chi connectivity index (χ1) is 11.1. The van der Waals surface area contributed by atoms with Gasteiger partial charge in [-0.05, 0) is 32.1 Å². The molecule has 0 aliphatic heterocycles. The molecular weight excluding hydrogens is 294 g/mol. The molecule has 0 aromatic carbocycles. The van der Waals surface area contributed by atoms with Crippen molar-refractivity contribution in [3.05, 3.63) is 24.4 Å². The summed E-state index contributed by atoms with van der Waals surface area (Å²) in [6.45, 7) is 4.31. The molecule has 0 unspecified atom stereocenters. The summed E-state index contributed by atoms with van der Waals surface area (Å²) in [5.74, 6) is 0.428. The number of amides is 1. The van der Waals surface area contributed by atoms with E-state index in [1.807, 2.05) is 0 Å². The molecule has 126 valence electrons. The first-order valence-corrected chi connectivity index (χ1v) is 7.95. The second kappa shape index (κ2) is 8.47. The summed E-state index contributed by atoms with van der Waals surface area (Å²) in [6, 6.07) is 0.321. The Morgan fingerprint density at radius 3 is 2.83 bits per heavy atom. The molecule has 1 aromatic heterocycles. The fraction of sp³-hybridized carbons (Fsp3) is 0.562. The third-order valence-corrected chi connectivity index (χ3v) is 4.04. The average molecular weight is 319 g/mol. The molecule has 7 nitrogen and oxygen atoms in total. The van der Waals surface area contributed by atoms with Crippen LogP contribution in [0.15, 0.2) is 18.9 Å². The predicted octanol–water partition coefficient (Wildman–Crippen LogP) is 1.93. The van der Waals surface area contributed by atoms with Crippen LogP contribution in [-0.4, -0.2) is 41.7 Å². The van der Waals surface area contributed by atoms with E-state index < -0.39 is 5.91 Å². The predicted molar refractivity (Wildman–Crippen MR) is 90.5 cm³/mol. The van der Waals surface area contributed by atoms with Crippen molar-refractivity contribution in [2.45, 2.75) is 44.2 Å². The van der Waals surface area contributed by atoms with E-state index in [0.29, 0.717) is 36.0 Å². The highest BCUT2D eigenvalue weighted by Gasteiger charge is 2.21. The zero-order chi connectivity index (χ0) is 16.7. The molecule has 1 aliphatic rings. The third-order valence-electron chi connectivity index (χ3n) is 4.04. The Kier molecular flexibility index (Phi) is 6.34. The number of carbonyl (C=O) groups is 1. The molecule has 23 heavy (non-hydrogen) atoms. The number of carbonyl (C=O) groups excluding carboxylic acids is 1. The molecule has 0 radical (unpaired) electrons. The number of primary amides is 1. The first kappa shape index (κ1) is 17.2. The van der Waals surface area contributed by atoms with Crippen LogP contribution in [0, 0.1) is 0 Å². The van der Waals surface area contributed by atoms with E-state index in [9.17, 15) is 4.79 Å². The van der Waals surface area contributed by atoms with Gasteiger partial charge in [0, 0.05) is 25.9 Å². The van der Waals surface area contributed by atoms with Gasteiger partial charge in [0.25, 0.3) is 5.91 Å². The van der Waals surface area contributed by atoms with Gasteiger partial charge in [-0.25, -0.2) is 4.98 Å². The van der Waals surface area contributed by atoms with Gasteiger partial charge < -0.3 is 21.1 Å². The average Bonchev–Trinajstić information content (AvgIpc) is 2.56. The monoisotopic (exact) mass is 319 g/mol. The van der Waals surface area contributed by atoms with Gasteiger partial charge in [0.1, 0.15) is 5.82 Å². The largest absolute Gasteiger partial charge is 0.381 e. The summed E-state index contributed by atoms with van der Waals surface area (Å²) in [5.41, 5.74) is 5.66. The van der Waals surface area contributed by atoms with Crippen LogP contribution in [0.5, 0.6) is 0 Å². The Labute approximate surface area is 136 Å². The van der Waals surface area contributed by atoms with E-state index in [2.05, 4.69) is 27.2 Å². The molecule has 7 heteroatoms. The second-order valence-corrected chi connectivity index (χ2v) is 5.68. The second-order valence-electron chi connectivity index (χ2n) is 5.68. The van der Waals surface area contributed by atoms with Crippen molar-refractivity contribution in [2.24, 2.45) is 5.73 Å². The van der Waals surface area contributed by atoms with E-state index in [-0.39, 0.29) is 0 Å². The number of nitrogens with zero attached hydrogens (tertiary/aromatic N) is 2. The minimum Gasteiger partial charge on any atom is -0.381 e. The normalized spacial score (nSPS) is 20.7. The van der Waals surface area contributed by atoms with Crippen LogP contribution in [0.1, 0.15) is 42.5 Å². The topological polar surface area (TPSA) is 102 Å². The van der Waals surface area contributed by atoms with Crippen molar-refractivity contribution in [1.29, 1.82) is 0 Å². The molecule has 0 spiro atoms. The van der Waals surface area contributed by atoms with E-state index >= 15 is 0 Å². The van der Waals surface area contributed by atoms with Crippen molar-refractivity contribution in [3.8, 4) is 0 Å². The highest BCUT2D eigenvalue weighted by atomic mass is 16.5. The lowest BCUT2D eigenvalue weighted by Crippen LogP contribution is -2.30. The Bertz CT molecular complexity index is 541. The Morgan fingerprint density at radius 2 is 2.22 bits per heavy atom. The highest BCUT2D eigenvalue weighted by molar-refractivity contribution is 5.97. The number of hydrogen-bond donors (Lipinski definition) is 3. The first-order valence-electron chi connectivity index (χ1n) is 7.95. The SMILES string of the molecule is C=CCCNc1nc(NC2CCC(OC)CC2)ncc1C(N)=O. The maximum atomic E-state index is 11.5. The number of nitrogens with one attached hydrogen (secondary N) is 2. The van der Waals surface area contributed by atoms with Gasteiger partial charge in [-0.3, -0.25) is 4.79 Å². The number of rotatable bonds is 8. The summed E-state index contributed by atoms with van der Waals surface area (Å²) in [7, 11) is 1.76. The number of anilines is 2. The lowest BCUT2D eigenvalue weighted by atomic mass is 9.93. The van der Waals surface area contributed by atoms with Crippen molar-refractivity contribution >= 4 is 17.7 Å². The van der Waals surface area contributed by atoms with Gasteiger partial charge in [-0.15, -0.1) is 6.58 Å². The number of aromatic nitrogens is 2. The fourth-order valence-electron chi connectivity index (χ4n) is 2.68. The number of ether oxygens (including phenoxy) is 1. The molecule has 1 amide bonds. The molecule has 1 saturated carbocycles. The van der Waals surface area contributed by atoms with Crippen molar-refractivity contribution in [2.75, 3.05) is 24.3 Å². The molecular formula is C16H25N5O2. The molecule has 1 aromatic rings. The summed E-state index contributed by atoms with van der Waals surface area (Å²) >= 11 is 0. The Balaban J connectivity index is 2.03. The maximum absolute atomic E-state index is 11.5. The van der Waals surface area contributed by atoms with Crippen LogP contribution >= 0.6 is 0 Å². The van der Waals surface area contributed by atoms with Crippen molar-refractivity contribution in [1.82, 2.24) is 9.97 Å². The summed E-state index contributed by atoms with van der Waals surface area (Å²) < 4.78 is 5.38. The summed E-state index contributed by atoms with van der Waals surface area (Å²) in [4.78, 5) is 20.1. The molecule has 0 bridgehead atoms. The van der Waals surface area contributed by atoms with Crippen LogP contribution in [-0.2, 0) is 4.74 Å². The highest BCUT2D eigenvalue weighted by Crippen LogP contribution is 2.23. The van der Waals surface area contributed by atoms with Crippen LogP contribution in [0.2, 0.25) is 0 Å². The number of methoxy groups -OCH3 is 1. The van der Waals surface area contributed by atoms with Gasteiger partial charge in [-0.2, -0.15) is 4.98 Å². The van der Waals surface area contributed by atoms with Crippen LogP contribution < -0.4 is 16.4 Å². The van der Waals surface area contributed by atoms with Crippen LogP contribution in [0.4, 0.5) is 11.8 Å². The van der Waals surface area contributed by atoms with Gasteiger partial charge in [0.2, 0.25) is 5.95 Å². The van der Waals surface area contributed by atoms with Gasteiger partial charge in [-0.1, -0.05) is 6.08 Å². The summed E-state index contributed by atoms with van der Waals surface area (Å²) in [5, 5.41) is 6.44. The molecule has 0 atom stereocenters. The molecule has 2 rings (SSSR count). The smallest absolute Gasteiger partial charge is 0.254 e. The van der Waals surface area contributed by atoms with Crippen molar-refractivity contribution < 1.29 is 9.53 Å². The fourth-order valence-corrected chi connectivity index (χ4v) is 2.68. The minimum absolute atomic E-state index is 0.294. The standard InChI is InChI=1S/C16H25N5O2/c1-3-4-9-18-15-13(14(17)22)10-19-16(21-15)20-11-5-7-12(23-2)8-6-11/h3,10-12H,1,4-9H2,2H3,(H2,17,22)(H2,18,19,20,21). The lowest BCUT2D eigenvalue weighted by Gasteiger charge is -2.28. The van der Waals surface area contributed by atoms with E-state index in [1.54, 1.807) is 13.2 Å². The Morgan fingerprint density at radius 1 is 1.48 bits per heavy atom. The molecule has 1 aliphatic carbocycles. The van der Waals surface area contributed by atoms with E-state index in [0.717, 1.165) is 32.1 Å². The minimum atomic E-state index is -0.543. The molecule has 4 N–H and O–H groups in total.